The van der Waals surface area contributed by atoms with Gasteiger partial charge in [0.2, 0.25) is 0 Å². The summed E-state index contributed by atoms with van der Waals surface area (Å²) in [6, 6.07) is 2.55. The van der Waals surface area contributed by atoms with Gasteiger partial charge in [-0.1, -0.05) is 0 Å². The minimum absolute atomic E-state index is 0.214. The van der Waals surface area contributed by atoms with Gasteiger partial charge in [0, 0.05) is 18.7 Å². The van der Waals surface area contributed by atoms with Crippen molar-refractivity contribution in [1.29, 1.82) is 0 Å². The normalized spacial score (nSPS) is 12.0. The maximum absolute atomic E-state index is 12.5. The van der Waals surface area contributed by atoms with E-state index in [-0.39, 0.29) is 17.7 Å². The van der Waals surface area contributed by atoms with Crippen molar-refractivity contribution in [3.8, 4) is 5.75 Å². The van der Waals surface area contributed by atoms with Crippen molar-refractivity contribution in [2.24, 2.45) is 0 Å². The fourth-order valence-corrected chi connectivity index (χ4v) is 2.13. The van der Waals surface area contributed by atoms with Crippen LogP contribution >= 0.6 is 0 Å². The molecule has 0 saturated carbocycles. The molecule has 1 amide bonds. The van der Waals surface area contributed by atoms with E-state index in [0.29, 0.717) is 6.54 Å². The highest BCUT2D eigenvalue weighted by Crippen LogP contribution is 2.28. The summed E-state index contributed by atoms with van der Waals surface area (Å²) < 4.78 is 68.1. The maximum atomic E-state index is 12.5. The number of amides is 1. The first-order chi connectivity index (χ1) is 11.9. The number of alkyl halides is 3. The smallest absolute Gasteiger partial charge is 0.465 e. The number of methoxy groups -OCH3 is 1. The highest BCUT2D eigenvalue weighted by Gasteiger charge is 2.48. The van der Waals surface area contributed by atoms with E-state index in [2.05, 4.69) is 14.2 Å². The molecule has 1 N–H and O–H groups in total. The molecular formula is C14H17F3N2O6S. The first-order valence-corrected chi connectivity index (χ1v) is 8.45. The van der Waals surface area contributed by atoms with Crippen molar-refractivity contribution in [1.82, 2.24) is 10.2 Å². The molecule has 8 nitrogen and oxygen atoms in total. The fraction of sp³-hybridized carbons (Fsp3) is 0.429. The maximum Gasteiger partial charge on any atom is 0.534 e. The minimum atomic E-state index is -5.96. The zero-order valence-electron chi connectivity index (χ0n) is 14.1. The Bertz CT molecular complexity index is 777. The Morgan fingerprint density at radius 3 is 2.23 bits per heavy atom. The van der Waals surface area contributed by atoms with E-state index in [9.17, 15) is 31.2 Å². The van der Waals surface area contributed by atoms with Crippen molar-refractivity contribution in [3.63, 3.8) is 0 Å². The third-order valence-corrected chi connectivity index (χ3v) is 3.90. The average molecular weight is 398 g/mol. The summed E-state index contributed by atoms with van der Waals surface area (Å²) in [5, 5.41) is 2.47. The molecule has 1 aromatic carbocycles. The second kappa shape index (κ2) is 8.36. The van der Waals surface area contributed by atoms with E-state index in [1.54, 1.807) is 19.0 Å². The fourth-order valence-electron chi connectivity index (χ4n) is 1.68. The third-order valence-electron chi connectivity index (χ3n) is 2.92. The minimum Gasteiger partial charge on any atom is -0.465 e. The van der Waals surface area contributed by atoms with Gasteiger partial charge in [-0.15, -0.1) is 0 Å². The monoisotopic (exact) mass is 398 g/mol. The van der Waals surface area contributed by atoms with Crippen LogP contribution in [0, 0.1) is 0 Å². The van der Waals surface area contributed by atoms with E-state index in [1.807, 2.05) is 0 Å². The number of likely N-dealkylation sites (N-methyl/N-ethyl adjacent to an activating group) is 1. The lowest BCUT2D eigenvalue weighted by molar-refractivity contribution is -0.0500. The van der Waals surface area contributed by atoms with E-state index < -0.39 is 33.3 Å². The highest BCUT2D eigenvalue weighted by molar-refractivity contribution is 7.88. The number of hydrogen-bond acceptors (Lipinski definition) is 7. The number of esters is 1. The molecule has 1 aromatic rings. The number of benzene rings is 1. The van der Waals surface area contributed by atoms with E-state index in [4.69, 9.17) is 0 Å². The van der Waals surface area contributed by atoms with Crippen LogP contribution in [-0.2, 0) is 14.9 Å². The number of nitrogens with one attached hydrogen (secondary N) is 1. The van der Waals surface area contributed by atoms with Crippen molar-refractivity contribution >= 4 is 22.0 Å². The molecule has 0 spiro atoms. The molecule has 26 heavy (non-hydrogen) atoms. The topological polar surface area (TPSA) is 102 Å². The molecule has 0 aliphatic carbocycles. The van der Waals surface area contributed by atoms with Gasteiger partial charge in [0.15, 0.2) is 0 Å². The van der Waals surface area contributed by atoms with Gasteiger partial charge in [-0.05, 0) is 32.3 Å². The van der Waals surface area contributed by atoms with Gasteiger partial charge in [-0.25, -0.2) is 4.79 Å². The molecule has 0 aromatic heterocycles. The van der Waals surface area contributed by atoms with Crippen LogP contribution in [-0.4, -0.2) is 65.0 Å². The van der Waals surface area contributed by atoms with Crippen LogP contribution < -0.4 is 9.50 Å². The molecular weight excluding hydrogens is 381 g/mol. The standard InChI is InChI=1S/C14H17F3N2O6S/c1-19(2)5-4-18-12(20)9-6-10(13(21)24-3)8-11(7-9)25-26(22,23)14(15,16)17/h6-8H,4-5H2,1-3H3,(H,18,20). The second-order valence-electron chi connectivity index (χ2n) is 5.28. The van der Waals surface area contributed by atoms with Crippen molar-refractivity contribution in [3.05, 3.63) is 29.3 Å². The van der Waals surface area contributed by atoms with Crippen LogP contribution in [0.1, 0.15) is 20.7 Å². The number of carbonyl (C=O) groups is 2. The largest absolute Gasteiger partial charge is 0.534 e. The van der Waals surface area contributed by atoms with Gasteiger partial charge in [-0.2, -0.15) is 21.6 Å². The van der Waals surface area contributed by atoms with Crippen LogP contribution in [0.4, 0.5) is 13.2 Å². The van der Waals surface area contributed by atoms with Crippen LogP contribution in [0.2, 0.25) is 0 Å². The lowest BCUT2D eigenvalue weighted by atomic mass is 10.1. The molecule has 0 aliphatic heterocycles. The molecule has 146 valence electrons. The second-order valence-corrected chi connectivity index (χ2v) is 6.82. The predicted molar refractivity (Wildman–Crippen MR) is 84.3 cm³/mol. The zero-order chi connectivity index (χ0) is 20.1. The van der Waals surface area contributed by atoms with Gasteiger partial charge >= 0.3 is 21.6 Å². The Kier molecular flexibility index (Phi) is 6.98. The van der Waals surface area contributed by atoms with Gasteiger partial charge < -0.3 is 19.1 Å². The average Bonchev–Trinajstić information content (AvgIpc) is 2.51. The molecule has 0 bridgehead atoms. The summed E-state index contributed by atoms with van der Waals surface area (Å²) in [5.41, 5.74) is -6.28. The van der Waals surface area contributed by atoms with Gasteiger partial charge in [0.1, 0.15) is 5.75 Å². The third kappa shape index (κ3) is 5.88. The summed E-state index contributed by atoms with van der Waals surface area (Å²) >= 11 is 0. The highest BCUT2D eigenvalue weighted by atomic mass is 32.2. The molecule has 0 fully saturated rings. The number of ether oxygens (including phenoxy) is 1. The summed E-state index contributed by atoms with van der Waals surface area (Å²) in [7, 11) is -1.42. The lowest BCUT2D eigenvalue weighted by Gasteiger charge is -2.13. The van der Waals surface area contributed by atoms with E-state index >= 15 is 0 Å². The summed E-state index contributed by atoms with van der Waals surface area (Å²) in [4.78, 5) is 25.5. The van der Waals surface area contributed by atoms with E-state index in [1.165, 1.54) is 0 Å². The number of carbonyl (C=O) groups excluding carboxylic acids is 2. The van der Waals surface area contributed by atoms with Crippen LogP contribution in [0.3, 0.4) is 0 Å². The summed E-state index contributed by atoms with van der Waals surface area (Å²) in [6.45, 7) is 0.694. The molecule has 0 atom stereocenters. The SMILES string of the molecule is COC(=O)c1cc(OS(=O)(=O)C(F)(F)F)cc(C(=O)NCCN(C)C)c1. The Hall–Kier alpha value is -2.34. The number of halogens is 3. The first kappa shape index (κ1) is 21.7. The van der Waals surface area contributed by atoms with Crippen LogP contribution in [0.5, 0.6) is 5.75 Å². The number of rotatable bonds is 7. The zero-order valence-corrected chi connectivity index (χ0v) is 14.9. The van der Waals surface area contributed by atoms with Crippen molar-refractivity contribution in [2.45, 2.75) is 5.51 Å². The Morgan fingerprint density at radius 1 is 1.15 bits per heavy atom. The lowest BCUT2D eigenvalue weighted by Crippen LogP contribution is -2.31. The van der Waals surface area contributed by atoms with Crippen molar-refractivity contribution in [2.75, 3.05) is 34.3 Å². The van der Waals surface area contributed by atoms with Gasteiger partial charge in [0.25, 0.3) is 5.91 Å². The van der Waals surface area contributed by atoms with Gasteiger partial charge in [0.05, 0.1) is 12.7 Å². The number of hydrogen-bond donors (Lipinski definition) is 1. The van der Waals surface area contributed by atoms with Crippen LogP contribution in [0.15, 0.2) is 18.2 Å². The Labute approximate surface area is 148 Å². The molecule has 0 aliphatic rings. The molecule has 0 radical (unpaired) electrons. The Balaban J connectivity index is 3.19. The van der Waals surface area contributed by atoms with Crippen molar-refractivity contribution < 1.29 is 40.1 Å². The summed E-state index contributed by atoms with van der Waals surface area (Å²) in [5.74, 6) is -2.56. The van der Waals surface area contributed by atoms with Gasteiger partial charge in [-0.3, -0.25) is 4.79 Å². The molecule has 0 heterocycles. The Morgan fingerprint density at radius 2 is 1.73 bits per heavy atom. The summed E-state index contributed by atoms with van der Waals surface area (Å²) in [6.07, 6.45) is 0. The molecule has 12 heteroatoms. The molecule has 0 saturated heterocycles. The van der Waals surface area contributed by atoms with E-state index in [0.717, 1.165) is 25.3 Å². The molecule has 0 unspecified atom stereocenters. The van der Waals surface area contributed by atoms with Crippen LogP contribution in [0.25, 0.3) is 0 Å². The molecule has 1 rings (SSSR count). The quantitative estimate of drug-likeness (QED) is 0.415. The number of nitrogens with zero attached hydrogens (tertiary/aromatic N) is 1. The first-order valence-electron chi connectivity index (χ1n) is 7.04. The predicted octanol–water partition coefficient (Wildman–Crippen LogP) is 0.993.